The SMILES string of the molecule is CCCCCCCCCCCCCCCCCCCCCCCCCCCCCCC(O)C(O)C(CO)NC(=O)C(O)CCCCCCCCCCCCCC. The number of nitrogens with one attached hydrogen (secondary N) is 1. The van der Waals surface area contributed by atoms with Gasteiger partial charge in [-0.1, -0.05) is 271 Å². The Hall–Kier alpha value is -0.690. The van der Waals surface area contributed by atoms with Crippen LogP contribution in [0, 0.1) is 0 Å². The second-order valence-electron chi connectivity index (χ2n) is 17.9. The summed E-state index contributed by atoms with van der Waals surface area (Å²) in [5, 5.41) is 43.8. The van der Waals surface area contributed by atoms with Crippen LogP contribution in [0.1, 0.15) is 284 Å². The number of unbranched alkanes of at least 4 members (excludes halogenated alkanes) is 38. The minimum absolute atomic E-state index is 0.375. The van der Waals surface area contributed by atoms with Crippen LogP contribution < -0.4 is 5.32 Å². The van der Waals surface area contributed by atoms with Gasteiger partial charge in [0, 0.05) is 0 Å². The maximum atomic E-state index is 12.5. The molecule has 0 aliphatic heterocycles. The zero-order chi connectivity index (χ0) is 41.0. The molecule has 0 rings (SSSR count). The van der Waals surface area contributed by atoms with Crippen LogP contribution in [0.25, 0.3) is 0 Å². The number of amides is 1. The topological polar surface area (TPSA) is 110 Å². The minimum Gasteiger partial charge on any atom is -0.394 e. The van der Waals surface area contributed by atoms with Crippen molar-refractivity contribution in [2.75, 3.05) is 6.61 Å². The van der Waals surface area contributed by atoms with Gasteiger partial charge in [0.15, 0.2) is 0 Å². The third-order valence-electron chi connectivity index (χ3n) is 12.3. The zero-order valence-corrected chi connectivity index (χ0v) is 37.9. The van der Waals surface area contributed by atoms with Crippen LogP contribution in [0.3, 0.4) is 0 Å². The molecule has 0 aromatic heterocycles. The van der Waals surface area contributed by atoms with Crippen LogP contribution in [0.15, 0.2) is 0 Å². The van der Waals surface area contributed by atoms with E-state index < -0.39 is 36.9 Å². The molecular formula is C50H101NO5. The predicted octanol–water partition coefficient (Wildman–Crippen LogP) is 14.0. The van der Waals surface area contributed by atoms with Crippen molar-refractivity contribution in [1.82, 2.24) is 5.32 Å². The maximum Gasteiger partial charge on any atom is 0.249 e. The summed E-state index contributed by atoms with van der Waals surface area (Å²) in [5.74, 6) is -0.580. The fraction of sp³-hybridized carbons (Fsp3) is 0.980. The van der Waals surface area contributed by atoms with Gasteiger partial charge >= 0.3 is 0 Å². The highest BCUT2D eigenvalue weighted by molar-refractivity contribution is 5.80. The van der Waals surface area contributed by atoms with Gasteiger partial charge < -0.3 is 25.7 Å². The first-order chi connectivity index (χ1) is 27.5. The maximum absolute atomic E-state index is 12.5. The van der Waals surface area contributed by atoms with Crippen molar-refractivity contribution in [3.05, 3.63) is 0 Å². The van der Waals surface area contributed by atoms with Crippen molar-refractivity contribution >= 4 is 5.91 Å². The second kappa shape index (κ2) is 45.4. The van der Waals surface area contributed by atoms with Crippen molar-refractivity contribution in [2.45, 2.75) is 308 Å². The molecule has 336 valence electrons. The van der Waals surface area contributed by atoms with Crippen LogP contribution in [0.2, 0.25) is 0 Å². The number of carbonyl (C=O) groups is 1. The monoisotopic (exact) mass is 796 g/mol. The molecule has 56 heavy (non-hydrogen) atoms. The molecule has 4 atom stereocenters. The molecule has 0 aromatic carbocycles. The third-order valence-corrected chi connectivity index (χ3v) is 12.3. The summed E-state index contributed by atoms with van der Waals surface area (Å²) < 4.78 is 0. The summed E-state index contributed by atoms with van der Waals surface area (Å²) in [5.41, 5.74) is 0. The molecule has 0 bridgehead atoms. The molecule has 0 aromatic rings. The van der Waals surface area contributed by atoms with E-state index in [1.165, 1.54) is 218 Å². The van der Waals surface area contributed by atoms with Crippen LogP contribution in [-0.4, -0.2) is 57.3 Å². The molecule has 0 heterocycles. The number of carbonyl (C=O) groups excluding carboxylic acids is 1. The van der Waals surface area contributed by atoms with E-state index in [9.17, 15) is 25.2 Å². The van der Waals surface area contributed by atoms with E-state index in [1.807, 2.05) is 0 Å². The summed E-state index contributed by atoms with van der Waals surface area (Å²) in [6, 6.07) is -0.979. The van der Waals surface area contributed by atoms with Gasteiger partial charge in [0.25, 0.3) is 0 Å². The Morgan fingerprint density at radius 3 is 0.857 bits per heavy atom. The fourth-order valence-corrected chi connectivity index (χ4v) is 8.29. The number of hydrogen-bond donors (Lipinski definition) is 5. The molecule has 0 saturated heterocycles. The van der Waals surface area contributed by atoms with E-state index in [0.29, 0.717) is 12.8 Å². The lowest BCUT2D eigenvalue weighted by atomic mass is 9.99. The van der Waals surface area contributed by atoms with E-state index in [-0.39, 0.29) is 0 Å². The second-order valence-corrected chi connectivity index (χ2v) is 17.9. The van der Waals surface area contributed by atoms with Gasteiger partial charge in [-0.3, -0.25) is 4.79 Å². The molecule has 6 heteroatoms. The molecule has 0 saturated carbocycles. The molecule has 4 unspecified atom stereocenters. The summed E-state index contributed by atoms with van der Waals surface area (Å²) in [6.45, 7) is 4.07. The van der Waals surface area contributed by atoms with E-state index >= 15 is 0 Å². The van der Waals surface area contributed by atoms with Gasteiger partial charge in [-0.15, -0.1) is 0 Å². The average Bonchev–Trinajstić information content (AvgIpc) is 3.20. The van der Waals surface area contributed by atoms with Crippen molar-refractivity contribution in [3.8, 4) is 0 Å². The van der Waals surface area contributed by atoms with Crippen LogP contribution >= 0.6 is 0 Å². The molecule has 0 radical (unpaired) electrons. The summed E-state index contributed by atoms with van der Waals surface area (Å²) >= 11 is 0. The van der Waals surface area contributed by atoms with Crippen molar-refractivity contribution in [2.24, 2.45) is 0 Å². The number of aliphatic hydroxyl groups excluding tert-OH is 4. The Morgan fingerprint density at radius 1 is 0.375 bits per heavy atom. The Labute approximate surface area is 350 Å². The lowest BCUT2D eigenvalue weighted by Gasteiger charge is -2.27. The highest BCUT2D eigenvalue weighted by atomic mass is 16.3. The van der Waals surface area contributed by atoms with E-state index in [2.05, 4.69) is 19.2 Å². The first-order valence-electron chi connectivity index (χ1n) is 25.4. The van der Waals surface area contributed by atoms with Gasteiger partial charge in [-0.05, 0) is 12.8 Å². The summed E-state index contributed by atoms with van der Waals surface area (Å²) in [6.07, 6.45) is 50.2. The van der Waals surface area contributed by atoms with Gasteiger partial charge in [-0.25, -0.2) is 0 Å². The van der Waals surface area contributed by atoms with E-state index in [4.69, 9.17) is 0 Å². The summed E-state index contributed by atoms with van der Waals surface area (Å²) in [7, 11) is 0. The predicted molar refractivity (Wildman–Crippen MR) is 242 cm³/mol. The standard InChI is InChI=1S/C50H101NO5/c1-3-5-7-9-11-13-15-17-18-19-20-21-22-23-24-25-26-27-28-29-30-31-32-34-35-37-39-41-43-47(53)49(55)46(45-52)51-50(56)48(54)44-42-40-38-36-33-16-14-12-10-8-6-4-2/h46-49,52-55H,3-45H2,1-2H3,(H,51,56). The lowest BCUT2D eigenvalue weighted by molar-refractivity contribution is -0.132. The number of rotatable bonds is 47. The Morgan fingerprint density at radius 2 is 0.607 bits per heavy atom. The highest BCUT2D eigenvalue weighted by Gasteiger charge is 2.28. The van der Waals surface area contributed by atoms with E-state index in [0.717, 1.165) is 38.5 Å². The van der Waals surface area contributed by atoms with Crippen LogP contribution in [0.4, 0.5) is 0 Å². The smallest absolute Gasteiger partial charge is 0.249 e. The highest BCUT2D eigenvalue weighted by Crippen LogP contribution is 2.18. The molecule has 6 nitrogen and oxygen atoms in total. The lowest BCUT2D eigenvalue weighted by Crippen LogP contribution is -2.53. The summed E-state index contributed by atoms with van der Waals surface area (Å²) in [4.78, 5) is 12.5. The van der Waals surface area contributed by atoms with Crippen LogP contribution in [-0.2, 0) is 4.79 Å². The molecule has 1 amide bonds. The van der Waals surface area contributed by atoms with Gasteiger partial charge in [-0.2, -0.15) is 0 Å². The Balaban J connectivity index is 3.56. The van der Waals surface area contributed by atoms with E-state index in [1.54, 1.807) is 0 Å². The normalized spacial score (nSPS) is 13.9. The van der Waals surface area contributed by atoms with Gasteiger partial charge in [0.2, 0.25) is 5.91 Å². The Bertz CT molecular complexity index is 766. The van der Waals surface area contributed by atoms with Crippen molar-refractivity contribution < 1.29 is 25.2 Å². The van der Waals surface area contributed by atoms with Gasteiger partial charge in [0.1, 0.15) is 12.2 Å². The average molecular weight is 796 g/mol. The molecular weight excluding hydrogens is 695 g/mol. The fourth-order valence-electron chi connectivity index (χ4n) is 8.29. The van der Waals surface area contributed by atoms with Crippen molar-refractivity contribution in [3.63, 3.8) is 0 Å². The molecule has 0 aliphatic carbocycles. The molecule has 0 aliphatic rings. The zero-order valence-electron chi connectivity index (χ0n) is 37.9. The largest absolute Gasteiger partial charge is 0.394 e. The molecule has 0 spiro atoms. The Kier molecular flexibility index (Phi) is 44.8. The third kappa shape index (κ3) is 38.8. The first kappa shape index (κ1) is 55.3. The number of aliphatic hydroxyl groups is 4. The first-order valence-corrected chi connectivity index (χ1v) is 25.4. The quantitative estimate of drug-likeness (QED) is 0.0394. The van der Waals surface area contributed by atoms with Crippen LogP contribution in [0.5, 0.6) is 0 Å². The molecule has 5 N–H and O–H groups in total. The van der Waals surface area contributed by atoms with Gasteiger partial charge in [0.05, 0.1) is 18.8 Å². The van der Waals surface area contributed by atoms with Crippen molar-refractivity contribution in [1.29, 1.82) is 0 Å². The molecule has 0 fully saturated rings. The minimum atomic E-state index is -1.25. The number of hydrogen-bond acceptors (Lipinski definition) is 5.